The van der Waals surface area contributed by atoms with Crippen LogP contribution in [-0.4, -0.2) is 38.3 Å². The van der Waals surface area contributed by atoms with Crippen LogP contribution in [0.2, 0.25) is 0 Å². The summed E-state index contributed by atoms with van der Waals surface area (Å²) in [5, 5.41) is 6.24. The van der Waals surface area contributed by atoms with Crippen LogP contribution in [0.1, 0.15) is 44.9 Å². The first-order valence-electron chi connectivity index (χ1n) is 7.43. The highest BCUT2D eigenvalue weighted by atomic mass is 35.5. The molecule has 0 aromatic heterocycles. The van der Waals surface area contributed by atoms with E-state index in [0.29, 0.717) is 31.6 Å². The molecule has 1 amide bonds. The average Bonchev–Trinajstić information content (AvgIpc) is 2.89. The molecule has 1 saturated carbocycles. The molecule has 19 heavy (non-hydrogen) atoms. The topological polar surface area (TPSA) is 50.4 Å². The molecule has 2 aliphatic rings. The molecule has 4 nitrogen and oxygen atoms in total. The van der Waals surface area contributed by atoms with Gasteiger partial charge in [0, 0.05) is 13.0 Å². The molecule has 1 saturated heterocycles. The summed E-state index contributed by atoms with van der Waals surface area (Å²) in [5.41, 5.74) is 0. The number of amides is 1. The number of ether oxygens (including phenoxy) is 1. The summed E-state index contributed by atoms with van der Waals surface area (Å²) >= 11 is 0. The van der Waals surface area contributed by atoms with Crippen molar-refractivity contribution in [3.8, 4) is 0 Å². The molecule has 1 aliphatic heterocycles. The summed E-state index contributed by atoms with van der Waals surface area (Å²) in [7, 11) is 0. The lowest BCUT2D eigenvalue weighted by Crippen LogP contribution is -2.30. The number of hydrogen-bond acceptors (Lipinski definition) is 3. The van der Waals surface area contributed by atoms with Crippen LogP contribution < -0.4 is 10.6 Å². The van der Waals surface area contributed by atoms with Crippen LogP contribution in [0, 0.1) is 5.92 Å². The number of hydrogen-bond donors (Lipinski definition) is 2. The van der Waals surface area contributed by atoms with Crippen LogP contribution in [-0.2, 0) is 9.53 Å². The van der Waals surface area contributed by atoms with Crippen molar-refractivity contribution in [1.82, 2.24) is 10.6 Å². The van der Waals surface area contributed by atoms with Crippen LogP contribution in [0.25, 0.3) is 0 Å². The third-order valence-corrected chi connectivity index (χ3v) is 3.97. The smallest absolute Gasteiger partial charge is 0.220 e. The van der Waals surface area contributed by atoms with Gasteiger partial charge in [-0.1, -0.05) is 19.3 Å². The van der Waals surface area contributed by atoms with Crippen molar-refractivity contribution < 1.29 is 9.53 Å². The zero-order chi connectivity index (χ0) is 12.6. The molecule has 1 heterocycles. The highest BCUT2D eigenvalue weighted by molar-refractivity contribution is 5.85. The maximum absolute atomic E-state index is 11.7. The zero-order valence-electron chi connectivity index (χ0n) is 11.7. The fourth-order valence-electron chi connectivity index (χ4n) is 2.87. The quantitative estimate of drug-likeness (QED) is 0.734. The van der Waals surface area contributed by atoms with Crippen molar-refractivity contribution in [2.24, 2.45) is 5.92 Å². The second-order valence-corrected chi connectivity index (χ2v) is 5.54. The van der Waals surface area contributed by atoms with Crippen LogP contribution >= 0.6 is 12.4 Å². The monoisotopic (exact) mass is 290 g/mol. The fraction of sp³-hybridized carbons (Fsp3) is 0.929. The second kappa shape index (κ2) is 9.56. The van der Waals surface area contributed by atoms with Gasteiger partial charge in [-0.25, -0.2) is 0 Å². The largest absolute Gasteiger partial charge is 0.376 e. The van der Waals surface area contributed by atoms with E-state index in [0.717, 1.165) is 19.5 Å². The molecule has 112 valence electrons. The van der Waals surface area contributed by atoms with Gasteiger partial charge in [0.05, 0.1) is 12.7 Å². The van der Waals surface area contributed by atoms with E-state index in [1.54, 1.807) is 0 Å². The standard InChI is InChI=1S/C14H26N2O2.ClH/c17-14(10-12-6-7-15-11-12)16-8-9-18-13-4-2-1-3-5-13;/h12-13,15H,1-11H2,(H,16,17);1H. The SMILES string of the molecule is Cl.O=C(CC1CCNC1)NCCOC1CCCCC1. The molecular weight excluding hydrogens is 264 g/mol. The third-order valence-electron chi connectivity index (χ3n) is 3.97. The predicted molar refractivity (Wildman–Crippen MR) is 78.7 cm³/mol. The number of halogens is 1. The molecule has 0 aromatic carbocycles. The summed E-state index contributed by atoms with van der Waals surface area (Å²) in [6, 6.07) is 0. The molecule has 0 spiro atoms. The lowest BCUT2D eigenvalue weighted by Gasteiger charge is -2.22. The van der Waals surface area contributed by atoms with Gasteiger partial charge in [-0.15, -0.1) is 12.4 Å². The lowest BCUT2D eigenvalue weighted by molar-refractivity contribution is -0.122. The van der Waals surface area contributed by atoms with Crippen molar-refractivity contribution in [1.29, 1.82) is 0 Å². The summed E-state index contributed by atoms with van der Waals surface area (Å²) in [4.78, 5) is 11.7. The molecular formula is C14H27ClN2O2. The van der Waals surface area contributed by atoms with Crippen LogP contribution in [0.3, 0.4) is 0 Å². The molecule has 2 N–H and O–H groups in total. The molecule has 0 radical (unpaired) electrons. The molecule has 2 rings (SSSR count). The summed E-state index contributed by atoms with van der Waals surface area (Å²) in [6.07, 6.45) is 8.57. The highest BCUT2D eigenvalue weighted by Crippen LogP contribution is 2.19. The number of carbonyl (C=O) groups excluding carboxylic acids is 1. The minimum atomic E-state index is 0. The van der Waals surface area contributed by atoms with E-state index in [4.69, 9.17) is 4.74 Å². The summed E-state index contributed by atoms with van der Waals surface area (Å²) < 4.78 is 5.78. The van der Waals surface area contributed by atoms with Crippen molar-refractivity contribution in [3.05, 3.63) is 0 Å². The van der Waals surface area contributed by atoms with E-state index in [2.05, 4.69) is 10.6 Å². The van der Waals surface area contributed by atoms with Gasteiger partial charge in [0.25, 0.3) is 0 Å². The van der Waals surface area contributed by atoms with E-state index in [1.165, 1.54) is 32.1 Å². The normalized spacial score (nSPS) is 23.9. The van der Waals surface area contributed by atoms with E-state index in [-0.39, 0.29) is 18.3 Å². The zero-order valence-corrected chi connectivity index (χ0v) is 12.5. The number of rotatable bonds is 6. The Labute approximate surface area is 122 Å². The van der Waals surface area contributed by atoms with E-state index in [9.17, 15) is 4.79 Å². The van der Waals surface area contributed by atoms with E-state index in [1.807, 2.05) is 0 Å². The molecule has 5 heteroatoms. The predicted octanol–water partition coefficient (Wildman–Crippen LogP) is 1.87. The van der Waals surface area contributed by atoms with Gasteiger partial charge in [0.1, 0.15) is 0 Å². The first-order chi connectivity index (χ1) is 8.84. The Hall–Kier alpha value is -0.320. The van der Waals surface area contributed by atoms with Gasteiger partial charge in [0.2, 0.25) is 5.91 Å². The van der Waals surface area contributed by atoms with Gasteiger partial charge in [0.15, 0.2) is 0 Å². The van der Waals surface area contributed by atoms with Gasteiger partial charge in [-0.2, -0.15) is 0 Å². The fourth-order valence-corrected chi connectivity index (χ4v) is 2.87. The Morgan fingerprint density at radius 1 is 1.21 bits per heavy atom. The molecule has 0 bridgehead atoms. The maximum Gasteiger partial charge on any atom is 0.220 e. The van der Waals surface area contributed by atoms with Gasteiger partial charge >= 0.3 is 0 Å². The lowest BCUT2D eigenvalue weighted by atomic mass is 9.98. The first-order valence-corrected chi connectivity index (χ1v) is 7.43. The number of nitrogens with one attached hydrogen (secondary N) is 2. The third kappa shape index (κ3) is 6.59. The molecule has 1 unspecified atom stereocenters. The van der Waals surface area contributed by atoms with Crippen LogP contribution in [0.5, 0.6) is 0 Å². The molecule has 1 aliphatic carbocycles. The minimum absolute atomic E-state index is 0. The number of carbonyl (C=O) groups is 1. The highest BCUT2D eigenvalue weighted by Gasteiger charge is 2.18. The second-order valence-electron chi connectivity index (χ2n) is 5.54. The Balaban J connectivity index is 0.00000180. The molecule has 2 fully saturated rings. The molecule has 0 aromatic rings. The Kier molecular flexibility index (Phi) is 8.42. The van der Waals surface area contributed by atoms with Gasteiger partial charge in [-0.3, -0.25) is 4.79 Å². The Morgan fingerprint density at radius 3 is 2.68 bits per heavy atom. The maximum atomic E-state index is 11.7. The van der Waals surface area contributed by atoms with Gasteiger partial charge in [-0.05, 0) is 38.3 Å². The van der Waals surface area contributed by atoms with E-state index >= 15 is 0 Å². The molecule has 1 atom stereocenters. The summed E-state index contributed by atoms with van der Waals surface area (Å²) in [5.74, 6) is 0.709. The average molecular weight is 291 g/mol. The van der Waals surface area contributed by atoms with Crippen LogP contribution in [0.4, 0.5) is 0 Å². The Morgan fingerprint density at radius 2 is 2.00 bits per heavy atom. The first kappa shape index (κ1) is 16.7. The van der Waals surface area contributed by atoms with Crippen molar-refractivity contribution in [2.45, 2.75) is 51.0 Å². The minimum Gasteiger partial charge on any atom is -0.376 e. The van der Waals surface area contributed by atoms with Gasteiger partial charge < -0.3 is 15.4 Å². The Bertz CT molecular complexity index is 252. The van der Waals surface area contributed by atoms with Crippen molar-refractivity contribution in [2.75, 3.05) is 26.2 Å². The van der Waals surface area contributed by atoms with Crippen LogP contribution in [0.15, 0.2) is 0 Å². The summed E-state index contributed by atoms with van der Waals surface area (Å²) in [6.45, 7) is 3.38. The van der Waals surface area contributed by atoms with E-state index < -0.39 is 0 Å². The van der Waals surface area contributed by atoms with Crippen molar-refractivity contribution in [3.63, 3.8) is 0 Å². The van der Waals surface area contributed by atoms with Crippen molar-refractivity contribution >= 4 is 18.3 Å².